The van der Waals surface area contributed by atoms with Crippen LogP contribution in [0.25, 0.3) is 6.08 Å². The molecular formula is C18H22N4O. The summed E-state index contributed by atoms with van der Waals surface area (Å²) in [5.74, 6) is 1.68. The lowest BCUT2D eigenvalue weighted by Crippen LogP contribution is -2.32. The Balaban J connectivity index is 1.58. The zero-order chi connectivity index (χ0) is 15.9. The van der Waals surface area contributed by atoms with Crippen LogP contribution in [0, 0.1) is 0 Å². The minimum Gasteiger partial charge on any atom is -0.394 e. The summed E-state index contributed by atoms with van der Waals surface area (Å²) in [5, 5.41) is 12.7. The molecule has 0 spiro atoms. The molecule has 2 heterocycles. The molecule has 1 aromatic heterocycles. The van der Waals surface area contributed by atoms with Crippen molar-refractivity contribution < 1.29 is 5.11 Å². The largest absolute Gasteiger partial charge is 0.394 e. The van der Waals surface area contributed by atoms with Crippen LogP contribution in [0.3, 0.4) is 0 Å². The predicted octanol–water partition coefficient (Wildman–Crippen LogP) is 2.56. The lowest BCUT2D eigenvalue weighted by molar-refractivity contribution is 0.266. The first-order valence-electron chi connectivity index (χ1n) is 8.02. The monoisotopic (exact) mass is 310 g/mol. The van der Waals surface area contributed by atoms with Crippen LogP contribution in [0.2, 0.25) is 0 Å². The number of benzene rings is 1. The molecule has 1 fully saturated rings. The van der Waals surface area contributed by atoms with E-state index in [1.54, 1.807) is 6.33 Å². The van der Waals surface area contributed by atoms with E-state index in [9.17, 15) is 5.11 Å². The second-order valence-corrected chi connectivity index (χ2v) is 5.63. The molecule has 3 rings (SSSR count). The topological polar surface area (TPSA) is 61.3 Å². The number of aromatic nitrogens is 2. The van der Waals surface area contributed by atoms with Gasteiger partial charge < -0.3 is 15.3 Å². The lowest BCUT2D eigenvalue weighted by Gasteiger charge is -2.24. The Morgan fingerprint density at radius 2 is 2.13 bits per heavy atom. The zero-order valence-corrected chi connectivity index (χ0v) is 13.1. The first kappa shape index (κ1) is 15.5. The van der Waals surface area contributed by atoms with Gasteiger partial charge >= 0.3 is 0 Å². The molecule has 1 unspecified atom stereocenters. The Labute approximate surface area is 136 Å². The van der Waals surface area contributed by atoms with E-state index in [0.29, 0.717) is 6.54 Å². The number of hydrogen-bond donors (Lipinski definition) is 2. The number of aliphatic hydroxyl groups excluding tert-OH is 1. The third-order valence-electron chi connectivity index (χ3n) is 4.05. The fraction of sp³-hybridized carbons (Fsp3) is 0.333. The van der Waals surface area contributed by atoms with Crippen LogP contribution in [-0.2, 0) is 0 Å². The van der Waals surface area contributed by atoms with Crippen molar-refractivity contribution in [2.24, 2.45) is 0 Å². The maximum absolute atomic E-state index is 9.44. The molecule has 0 bridgehead atoms. The third-order valence-corrected chi connectivity index (χ3v) is 4.05. The Hall–Kier alpha value is -2.40. The van der Waals surface area contributed by atoms with Crippen LogP contribution < -0.4 is 10.2 Å². The number of aliphatic hydroxyl groups is 1. The molecule has 2 N–H and O–H groups in total. The Morgan fingerprint density at radius 3 is 2.96 bits per heavy atom. The van der Waals surface area contributed by atoms with Gasteiger partial charge in [0.2, 0.25) is 0 Å². The summed E-state index contributed by atoms with van der Waals surface area (Å²) in [7, 11) is 0. The molecule has 5 heteroatoms. The Morgan fingerprint density at radius 1 is 1.26 bits per heavy atom. The van der Waals surface area contributed by atoms with E-state index in [4.69, 9.17) is 0 Å². The number of nitrogens with zero attached hydrogens (tertiary/aromatic N) is 3. The van der Waals surface area contributed by atoms with Crippen molar-refractivity contribution in [2.75, 3.05) is 29.9 Å². The van der Waals surface area contributed by atoms with Gasteiger partial charge in [0.05, 0.1) is 12.6 Å². The van der Waals surface area contributed by atoms with E-state index in [0.717, 1.165) is 31.0 Å². The summed E-state index contributed by atoms with van der Waals surface area (Å²) in [6.45, 7) is 1.82. The molecule has 0 amide bonds. The minimum atomic E-state index is 0.173. The molecule has 1 atom stereocenters. The molecule has 0 saturated carbocycles. The van der Waals surface area contributed by atoms with Crippen LogP contribution in [0.4, 0.5) is 11.6 Å². The van der Waals surface area contributed by atoms with E-state index in [1.807, 2.05) is 24.3 Å². The number of hydrogen-bond acceptors (Lipinski definition) is 5. The van der Waals surface area contributed by atoms with Crippen molar-refractivity contribution in [3.63, 3.8) is 0 Å². The summed E-state index contributed by atoms with van der Waals surface area (Å²) >= 11 is 0. The van der Waals surface area contributed by atoms with Crippen LogP contribution in [0.5, 0.6) is 0 Å². The summed E-state index contributed by atoms with van der Waals surface area (Å²) in [6, 6.07) is 12.3. The minimum absolute atomic E-state index is 0.173. The smallest absolute Gasteiger partial charge is 0.134 e. The van der Waals surface area contributed by atoms with Gasteiger partial charge in [0.25, 0.3) is 0 Å². The van der Waals surface area contributed by atoms with Crippen LogP contribution in [-0.4, -0.2) is 40.8 Å². The molecular weight excluding hydrogens is 288 g/mol. The van der Waals surface area contributed by atoms with Gasteiger partial charge in [-0.3, -0.25) is 0 Å². The van der Waals surface area contributed by atoms with E-state index in [-0.39, 0.29) is 12.6 Å². The number of rotatable bonds is 6. The molecule has 1 aromatic carbocycles. The normalized spacial score (nSPS) is 17.8. The maximum Gasteiger partial charge on any atom is 0.134 e. The number of nitrogens with one attached hydrogen (secondary N) is 1. The van der Waals surface area contributed by atoms with Gasteiger partial charge in [-0.25, -0.2) is 9.97 Å². The van der Waals surface area contributed by atoms with Crippen molar-refractivity contribution in [3.05, 3.63) is 54.4 Å². The summed E-state index contributed by atoms with van der Waals surface area (Å²) in [5.41, 5.74) is 1.18. The Bertz CT molecular complexity index is 644. The first-order valence-corrected chi connectivity index (χ1v) is 8.02. The van der Waals surface area contributed by atoms with E-state index in [1.165, 1.54) is 5.56 Å². The van der Waals surface area contributed by atoms with Crippen LogP contribution in [0.1, 0.15) is 18.4 Å². The van der Waals surface area contributed by atoms with Gasteiger partial charge in [0.15, 0.2) is 0 Å². The molecule has 1 aliphatic rings. The van der Waals surface area contributed by atoms with Crippen LogP contribution >= 0.6 is 0 Å². The highest BCUT2D eigenvalue weighted by atomic mass is 16.3. The molecule has 5 nitrogen and oxygen atoms in total. The molecule has 120 valence electrons. The molecule has 0 radical (unpaired) electrons. The van der Waals surface area contributed by atoms with Crippen molar-refractivity contribution in [3.8, 4) is 0 Å². The summed E-state index contributed by atoms with van der Waals surface area (Å²) in [4.78, 5) is 10.8. The standard InChI is InChI=1S/C18H22N4O/c23-13-16-9-5-11-22(16)18-12-17(20-14-21-18)19-10-4-8-15-6-2-1-3-7-15/h1-4,6-8,12,14,16,23H,5,9-11,13H2,(H,19,20,21)/b8-4+. The molecule has 0 aliphatic carbocycles. The van der Waals surface area contributed by atoms with Gasteiger partial charge in [-0.1, -0.05) is 42.5 Å². The SMILES string of the molecule is OCC1CCCN1c1cc(NC/C=C/c2ccccc2)ncn1. The average molecular weight is 310 g/mol. The summed E-state index contributed by atoms with van der Waals surface area (Å²) < 4.78 is 0. The lowest BCUT2D eigenvalue weighted by atomic mass is 10.2. The number of anilines is 2. The van der Waals surface area contributed by atoms with E-state index < -0.39 is 0 Å². The molecule has 23 heavy (non-hydrogen) atoms. The van der Waals surface area contributed by atoms with Gasteiger partial charge in [0, 0.05) is 19.2 Å². The molecule has 1 saturated heterocycles. The quantitative estimate of drug-likeness (QED) is 0.858. The van der Waals surface area contributed by atoms with Gasteiger partial charge in [-0.15, -0.1) is 0 Å². The van der Waals surface area contributed by atoms with Crippen molar-refractivity contribution in [1.82, 2.24) is 9.97 Å². The molecule has 1 aliphatic heterocycles. The van der Waals surface area contributed by atoms with Crippen molar-refractivity contribution in [2.45, 2.75) is 18.9 Å². The maximum atomic E-state index is 9.44. The second-order valence-electron chi connectivity index (χ2n) is 5.63. The highest BCUT2D eigenvalue weighted by Crippen LogP contribution is 2.24. The molecule has 2 aromatic rings. The average Bonchev–Trinajstić information content (AvgIpc) is 3.09. The predicted molar refractivity (Wildman–Crippen MR) is 93.5 cm³/mol. The van der Waals surface area contributed by atoms with Gasteiger partial charge in [-0.05, 0) is 18.4 Å². The third kappa shape index (κ3) is 4.07. The Kier molecular flexibility index (Phi) is 5.21. The highest BCUT2D eigenvalue weighted by Gasteiger charge is 2.24. The summed E-state index contributed by atoms with van der Waals surface area (Å²) in [6.07, 6.45) is 7.84. The fourth-order valence-electron chi connectivity index (χ4n) is 2.85. The van der Waals surface area contributed by atoms with Gasteiger partial charge in [-0.2, -0.15) is 0 Å². The first-order chi connectivity index (χ1) is 11.4. The van der Waals surface area contributed by atoms with Crippen molar-refractivity contribution >= 4 is 17.7 Å². The second kappa shape index (κ2) is 7.74. The zero-order valence-electron chi connectivity index (χ0n) is 13.1. The van der Waals surface area contributed by atoms with Crippen LogP contribution in [0.15, 0.2) is 48.8 Å². The fourth-order valence-corrected chi connectivity index (χ4v) is 2.85. The van der Waals surface area contributed by atoms with E-state index >= 15 is 0 Å². The van der Waals surface area contributed by atoms with Crippen molar-refractivity contribution in [1.29, 1.82) is 0 Å². The highest BCUT2D eigenvalue weighted by molar-refractivity contribution is 5.52. The van der Waals surface area contributed by atoms with E-state index in [2.05, 4.69) is 44.5 Å². The van der Waals surface area contributed by atoms with Gasteiger partial charge in [0.1, 0.15) is 18.0 Å².